The van der Waals surface area contributed by atoms with Crippen LogP contribution in [0.1, 0.15) is 56.3 Å². The molecule has 0 spiro atoms. The van der Waals surface area contributed by atoms with E-state index in [1.54, 1.807) is 22.8 Å². The van der Waals surface area contributed by atoms with Gasteiger partial charge in [0.1, 0.15) is 11.7 Å². The van der Waals surface area contributed by atoms with E-state index in [2.05, 4.69) is 4.90 Å². The Kier molecular flexibility index (Phi) is 7.25. The number of aromatic nitrogens is 2. The standard InChI is InChI=1S/C31H30ClF3N4O/c1-19(2)26(39-18-30(3,4)37-27(39)21-10-12-22(13-11-21)31(33,34)35)28-36-25-16-23(32)14-15-24(25)29(40)38(28)17-20-8-6-5-7-9-20/h5-16,19,26H,17-18H2,1-4H3. The van der Waals surface area contributed by atoms with Gasteiger partial charge in [-0.05, 0) is 55.7 Å². The Morgan fingerprint density at radius 1 is 1.00 bits per heavy atom. The van der Waals surface area contributed by atoms with Gasteiger partial charge in [-0.25, -0.2) is 4.98 Å². The highest BCUT2D eigenvalue weighted by molar-refractivity contribution is 6.31. The molecule has 0 radical (unpaired) electrons. The maximum atomic E-state index is 13.9. The quantitative estimate of drug-likeness (QED) is 0.245. The van der Waals surface area contributed by atoms with Crippen molar-refractivity contribution in [2.24, 2.45) is 10.9 Å². The Balaban J connectivity index is 1.69. The lowest BCUT2D eigenvalue weighted by molar-refractivity contribution is -0.137. The van der Waals surface area contributed by atoms with E-state index in [4.69, 9.17) is 21.6 Å². The molecule has 1 aliphatic heterocycles. The largest absolute Gasteiger partial charge is 0.416 e. The number of hydrogen-bond donors (Lipinski definition) is 0. The molecule has 40 heavy (non-hydrogen) atoms. The maximum Gasteiger partial charge on any atom is 0.416 e. The fraction of sp³-hybridized carbons (Fsp3) is 0.323. The van der Waals surface area contributed by atoms with Crippen molar-refractivity contribution in [3.8, 4) is 0 Å². The molecule has 5 nitrogen and oxygen atoms in total. The first-order chi connectivity index (χ1) is 18.8. The van der Waals surface area contributed by atoms with Crippen LogP contribution < -0.4 is 5.56 Å². The minimum atomic E-state index is -4.43. The number of hydrogen-bond acceptors (Lipinski definition) is 4. The number of nitrogens with zero attached hydrogens (tertiary/aromatic N) is 4. The first-order valence-corrected chi connectivity index (χ1v) is 13.5. The fourth-order valence-electron chi connectivity index (χ4n) is 5.30. The van der Waals surface area contributed by atoms with E-state index < -0.39 is 23.3 Å². The number of alkyl halides is 3. The molecule has 2 heterocycles. The number of rotatable bonds is 6. The molecule has 1 aliphatic rings. The molecule has 0 aliphatic carbocycles. The number of fused-ring (bicyclic) bond motifs is 1. The summed E-state index contributed by atoms with van der Waals surface area (Å²) < 4.78 is 41.5. The molecule has 9 heteroatoms. The third kappa shape index (κ3) is 5.50. The molecular formula is C31H30ClF3N4O. The van der Waals surface area contributed by atoms with Crippen LogP contribution in [0.25, 0.3) is 10.9 Å². The molecule has 1 unspecified atom stereocenters. The molecular weight excluding hydrogens is 537 g/mol. The van der Waals surface area contributed by atoms with E-state index in [1.807, 2.05) is 58.0 Å². The monoisotopic (exact) mass is 566 g/mol. The molecule has 0 fully saturated rings. The third-order valence-electron chi connectivity index (χ3n) is 7.07. The SMILES string of the molecule is CC(C)C(c1nc2cc(Cl)ccc2c(=O)n1Cc1ccccc1)N1CC(C)(C)N=C1c1ccc(C(F)(F)F)cc1. The average Bonchev–Trinajstić information content (AvgIpc) is 3.21. The van der Waals surface area contributed by atoms with Gasteiger partial charge in [0.2, 0.25) is 0 Å². The van der Waals surface area contributed by atoms with Crippen molar-refractivity contribution in [2.75, 3.05) is 6.54 Å². The summed E-state index contributed by atoms with van der Waals surface area (Å²) in [6.45, 7) is 8.87. The molecule has 3 aromatic carbocycles. The Labute approximate surface area is 236 Å². The van der Waals surface area contributed by atoms with Gasteiger partial charge in [-0.15, -0.1) is 0 Å². The van der Waals surface area contributed by atoms with Gasteiger partial charge in [-0.3, -0.25) is 14.4 Å². The molecule has 0 saturated carbocycles. The van der Waals surface area contributed by atoms with E-state index in [-0.39, 0.29) is 11.5 Å². The van der Waals surface area contributed by atoms with Gasteiger partial charge in [0.25, 0.3) is 5.56 Å². The molecule has 0 bridgehead atoms. The number of aliphatic imine (C=N–C) groups is 1. The van der Waals surface area contributed by atoms with Gasteiger partial charge in [0, 0.05) is 17.1 Å². The van der Waals surface area contributed by atoms with E-state index >= 15 is 0 Å². The van der Waals surface area contributed by atoms with E-state index in [1.165, 1.54) is 12.1 Å². The summed E-state index contributed by atoms with van der Waals surface area (Å²) in [6, 6.07) is 19.4. The Hall–Kier alpha value is -3.65. The molecule has 208 valence electrons. The summed E-state index contributed by atoms with van der Waals surface area (Å²) in [7, 11) is 0. The minimum Gasteiger partial charge on any atom is -0.344 e. The number of halogens is 4. The summed E-state index contributed by atoms with van der Waals surface area (Å²) in [5, 5.41) is 0.937. The van der Waals surface area contributed by atoms with Crippen LogP contribution in [0.15, 0.2) is 82.6 Å². The van der Waals surface area contributed by atoms with Crippen LogP contribution >= 0.6 is 11.6 Å². The van der Waals surface area contributed by atoms with Gasteiger partial charge in [0.15, 0.2) is 0 Å². The molecule has 0 N–H and O–H groups in total. The smallest absolute Gasteiger partial charge is 0.344 e. The zero-order valence-corrected chi connectivity index (χ0v) is 23.5. The van der Waals surface area contributed by atoms with E-state index in [0.717, 1.165) is 17.7 Å². The molecule has 5 rings (SSSR count). The van der Waals surface area contributed by atoms with Crippen LogP contribution in [0.2, 0.25) is 5.02 Å². The first-order valence-electron chi connectivity index (χ1n) is 13.1. The predicted octanol–water partition coefficient (Wildman–Crippen LogP) is 7.36. The lowest BCUT2D eigenvalue weighted by Gasteiger charge is -2.35. The van der Waals surface area contributed by atoms with E-state index in [0.29, 0.717) is 46.2 Å². The van der Waals surface area contributed by atoms with Gasteiger partial charge in [-0.1, -0.05) is 67.9 Å². The summed E-state index contributed by atoms with van der Waals surface area (Å²) >= 11 is 6.29. The first kappa shape index (κ1) is 27.9. The van der Waals surface area contributed by atoms with Crippen LogP contribution in [0.4, 0.5) is 13.2 Å². The highest BCUT2D eigenvalue weighted by Crippen LogP contribution is 2.37. The van der Waals surface area contributed by atoms with E-state index in [9.17, 15) is 18.0 Å². The van der Waals surface area contributed by atoms with Gasteiger partial charge in [0.05, 0.1) is 34.6 Å². The van der Waals surface area contributed by atoms with Crippen molar-refractivity contribution >= 4 is 28.3 Å². The topological polar surface area (TPSA) is 50.5 Å². The van der Waals surface area contributed by atoms with Crippen molar-refractivity contribution in [3.63, 3.8) is 0 Å². The lowest BCUT2D eigenvalue weighted by Crippen LogP contribution is -2.42. The van der Waals surface area contributed by atoms with Crippen molar-refractivity contribution in [3.05, 3.63) is 111 Å². The molecule has 0 amide bonds. The highest BCUT2D eigenvalue weighted by Gasteiger charge is 2.40. The zero-order chi connectivity index (χ0) is 28.8. The second-order valence-corrected chi connectivity index (χ2v) is 11.6. The molecule has 1 atom stereocenters. The van der Waals surface area contributed by atoms with Crippen molar-refractivity contribution < 1.29 is 13.2 Å². The third-order valence-corrected chi connectivity index (χ3v) is 7.31. The van der Waals surface area contributed by atoms with Crippen LogP contribution in [0.3, 0.4) is 0 Å². The highest BCUT2D eigenvalue weighted by atomic mass is 35.5. The minimum absolute atomic E-state index is 0.0286. The summed E-state index contributed by atoms with van der Waals surface area (Å²) in [5.41, 5.74) is 0.611. The molecule has 1 aromatic heterocycles. The predicted molar refractivity (Wildman–Crippen MR) is 153 cm³/mol. The molecule has 0 saturated heterocycles. The Morgan fingerprint density at radius 3 is 2.30 bits per heavy atom. The molecule has 4 aromatic rings. The van der Waals surface area contributed by atoms with Gasteiger partial charge >= 0.3 is 6.18 Å². The van der Waals surface area contributed by atoms with Crippen LogP contribution in [-0.2, 0) is 12.7 Å². The van der Waals surface area contributed by atoms with Crippen molar-refractivity contribution in [2.45, 2.75) is 52.0 Å². The summed E-state index contributed by atoms with van der Waals surface area (Å²) in [4.78, 5) is 26.0. The van der Waals surface area contributed by atoms with Crippen LogP contribution in [-0.4, -0.2) is 32.4 Å². The average molecular weight is 567 g/mol. The fourth-order valence-corrected chi connectivity index (χ4v) is 5.47. The van der Waals surface area contributed by atoms with Crippen molar-refractivity contribution in [1.82, 2.24) is 14.5 Å². The second kappa shape index (κ2) is 10.4. The number of benzene rings is 3. The Bertz CT molecular complexity index is 1630. The van der Waals surface area contributed by atoms with Crippen LogP contribution in [0, 0.1) is 5.92 Å². The Morgan fingerprint density at radius 2 is 1.68 bits per heavy atom. The lowest BCUT2D eigenvalue weighted by atomic mass is 9.97. The van der Waals surface area contributed by atoms with Crippen molar-refractivity contribution in [1.29, 1.82) is 0 Å². The second-order valence-electron chi connectivity index (χ2n) is 11.1. The van der Waals surface area contributed by atoms with Crippen LogP contribution in [0.5, 0.6) is 0 Å². The summed E-state index contributed by atoms with van der Waals surface area (Å²) in [5.74, 6) is 1.10. The summed E-state index contributed by atoms with van der Waals surface area (Å²) in [6.07, 6.45) is -4.43. The van der Waals surface area contributed by atoms with Gasteiger partial charge in [-0.2, -0.15) is 13.2 Å². The zero-order valence-electron chi connectivity index (χ0n) is 22.7. The number of amidine groups is 1. The maximum absolute atomic E-state index is 13.9. The normalized spacial score (nSPS) is 16.0. The van der Waals surface area contributed by atoms with Gasteiger partial charge < -0.3 is 4.90 Å².